The van der Waals surface area contributed by atoms with Crippen molar-refractivity contribution in [2.75, 3.05) is 6.54 Å². The van der Waals surface area contributed by atoms with Gasteiger partial charge in [0.15, 0.2) is 0 Å². The van der Waals surface area contributed by atoms with E-state index in [9.17, 15) is 9.59 Å². The van der Waals surface area contributed by atoms with Crippen molar-refractivity contribution in [3.05, 3.63) is 46.3 Å². The molecule has 0 spiro atoms. The fraction of sp³-hybridized carbons (Fsp3) is 0.529. The molecule has 136 valence electrons. The Kier molecular flexibility index (Phi) is 8.29. The molecule has 1 aromatic carbocycles. The number of rotatable bonds is 8. The molecule has 0 radical (unpaired) electrons. The normalized spacial score (nSPS) is 11.8. The highest BCUT2D eigenvalue weighted by Crippen LogP contribution is 2.09. The van der Waals surface area contributed by atoms with E-state index in [2.05, 4.69) is 15.3 Å². The number of azide groups is 1. The smallest absolute Gasteiger partial charge is 0.408 e. The van der Waals surface area contributed by atoms with Crippen LogP contribution in [0.5, 0.6) is 0 Å². The molecular formula is C17H24N4O4. The maximum absolute atomic E-state index is 12.3. The number of alkyl carbamates (subject to hydrolysis) is 1. The van der Waals surface area contributed by atoms with Gasteiger partial charge in [-0.25, -0.2) is 9.59 Å². The summed E-state index contributed by atoms with van der Waals surface area (Å²) >= 11 is 0. The van der Waals surface area contributed by atoms with Crippen LogP contribution in [-0.4, -0.2) is 30.3 Å². The van der Waals surface area contributed by atoms with Crippen molar-refractivity contribution in [1.29, 1.82) is 0 Å². The summed E-state index contributed by atoms with van der Waals surface area (Å²) < 4.78 is 10.4. The number of esters is 1. The van der Waals surface area contributed by atoms with Gasteiger partial charge in [-0.2, -0.15) is 0 Å². The highest BCUT2D eigenvalue weighted by atomic mass is 16.6. The largest absolute Gasteiger partial charge is 0.459 e. The van der Waals surface area contributed by atoms with Gasteiger partial charge in [-0.15, -0.1) is 0 Å². The lowest BCUT2D eigenvalue weighted by Gasteiger charge is -2.23. The van der Waals surface area contributed by atoms with Crippen molar-refractivity contribution >= 4 is 12.1 Å². The molecule has 0 fully saturated rings. The predicted octanol–water partition coefficient (Wildman–Crippen LogP) is 3.71. The summed E-state index contributed by atoms with van der Waals surface area (Å²) in [6.45, 7) is 5.54. The Morgan fingerprint density at radius 2 is 1.96 bits per heavy atom. The van der Waals surface area contributed by atoms with Gasteiger partial charge in [-0.05, 0) is 44.7 Å². The molecule has 1 N–H and O–H groups in total. The number of ether oxygens (including phenoxy) is 2. The van der Waals surface area contributed by atoms with Crippen molar-refractivity contribution in [3.63, 3.8) is 0 Å². The van der Waals surface area contributed by atoms with Crippen LogP contribution >= 0.6 is 0 Å². The molecule has 25 heavy (non-hydrogen) atoms. The van der Waals surface area contributed by atoms with E-state index in [4.69, 9.17) is 15.0 Å². The average molecular weight is 348 g/mol. The van der Waals surface area contributed by atoms with Gasteiger partial charge in [0.2, 0.25) is 0 Å². The second-order valence-corrected chi connectivity index (χ2v) is 6.39. The maximum Gasteiger partial charge on any atom is 0.408 e. The van der Waals surface area contributed by atoms with Gasteiger partial charge in [0, 0.05) is 11.5 Å². The van der Waals surface area contributed by atoms with Crippen molar-refractivity contribution < 1.29 is 19.1 Å². The van der Waals surface area contributed by atoms with Crippen LogP contribution in [0.4, 0.5) is 4.79 Å². The zero-order valence-corrected chi connectivity index (χ0v) is 14.8. The number of carbonyl (C=O) groups excluding carboxylic acids is 2. The number of benzene rings is 1. The Morgan fingerprint density at radius 1 is 1.28 bits per heavy atom. The summed E-state index contributed by atoms with van der Waals surface area (Å²) in [5, 5.41) is 5.94. The lowest BCUT2D eigenvalue weighted by molar-refractivity contribution is -0.147. The van der Waals surface area contributed by atoms with Gasteiger partial charge in [-0.3, -0.25) is 0 Å². The van der Waals surface area contributed by atoms with Crippen LogP contribution in [0.1, 0.15) is 39.2 Å². The van der Waals surface area contributed by atoms with Crippen molar-refractivity contribution in [2.45, 2.75) is 51.9 Å². The molecule has 8 heteroatoms. The summed E-state index contributed by atoms with van der Waals surface area (Å²) in [4.78, 5) is 26.9. The van der Waals surface area contributed by atoms with Crippen LogP contribution in [0.15, 0.2) is 35.4 Å². The van der Waals surface area contributed by atoms with Gasteiger partial charge in [-0.1, -0.05) is 35.4 Å². The van der Waals surface area contributed by atoms with E-state index in [1.165, 1.54) is 0 Å². The zero-order chi connectivity index (χ0) is 18.7. The number of hydrogen-bond acceptors (Lipinski definition) is 5. The van der Waals surface area contributed by atoms with Crippen LogP contribution < -0.4 is 5.32 Å². The summed E-state index contributed by atoms with van der Waals surface area (Å²) in [6, 6.07) is 8.37. The Bertz CT molecular complexity index is 607. The highest BCUT2D eigenvalue weighted by Gasteiger charge is 2.25. The first-order valence-corrected chi connectivity index (χ1v) is 8.03. The summed E-state index contributed by atoms with van der Waals surface area (Å²) in [5.74, 6) is -0.560. The SMILES string of the molecule is CC(C)(C)OC(=O)N[C@@H](CCCN=[N+]=[N-])C(=O)OCc1ccccc1. The van der Waals surface area contributed by atoms with E-state index in [1.807, 2.05) is 30.3 Å². The zero-order valence-electron chi connectivity index (χ0n) is 14.8. The minimum Gasteiger partial charge on any atom is -0.459 e. The molecule has 0 aliphatic heterocycles. The molecular weight excluding hydrogens is 324 g/mol. The molecule has 0 unspecified atom stereocenters. The van der Waals surface area contributed by atoms with Crippen LogP contribution in [-0.2, 0) is 20.9 Å². The molecule has 1 amide bonds. The standard InChI is InChI=1S/C17H24N4O4/c1-17(2,3)25-16(23)20-14(10-7-11-19-21-18)15(22)24-12-13-8-5-4-6-9-13/h4-6,8-9,14H,7,10-12H2,1-3H3,(H,20,23)/t14-/m0/s1. The molecule has 0 saturated heterocycles. The van der Waals surface area contributed by atoms with Gasteiger partial charge in [0.25, 0.3) is 0 Å². The molecule has 8 nitrogen and oxygen atoms in total. The number of nitrogens with zero attached hydrogens (tertiary/aromatic N) is 3. The van der Waals surface area contributed by atoms with Crippen LogP contribution in [0.3, 0.4) is 0 Å². The number of amides is 1. The predicted molar refractivity (Wildman–Crippen MR) is 92.6 cm³/mol. The van der Waals surface area contributed by atoms with E-state index in [0.29, 0.717) is 6.42 Å². The topological polar surface area (TPSA) is 113 Å². The molecule has 0 aliphatic carbocycles. The molecule has 0 aliphatic rings. The quantitative estimate of drug-likeness (QED) is 0.253. The second kappa shape index (κ2) is 10.2. The summed E-state index contributed by atoms with van der Waals surface area (Å²) in [5.41, 5.74) is 8.48. The molecule has 0 aromatic heterocycles. The van der Waals surface area contributed by atoms with Crippen LogP contribution in [0.25, 0.3) is 10.4 Å². The van der Waals surface area contributed by atoms with Crippen LogP contribution in [0.2, 0.25) is 0 Å². The lowest BCUT2D eigenvalue weighted by Crippen LogP contribution is -2.44. The minimum absolute atomic E-state index is 0.114. The molecule has 1 rings (SSSR count). The van der Waals surface area contributed by atoms with Crippen molar-refractivity contribution in [2.24, 2.45) is 5.11 Å². The Morgan fingerprint density at radius 3 is 2.56 bits per heavy atom. The van der Waals surface area contributed by atoms with Gasteiger partial charge >= 0.3 is 12.1 Å². The maximum atomic E-state index is 12.3. The third-order valence-electron chi connectivity index (χ3n) is 3.01. The highest BCUT2D eigenvalue weighted by molar-refractivity contribution is 5.81. The Labute approximate surface area is 147 Å². The van der Waals surface area contributed by atoms with Gasteiger partial charge < -0.3 is 14.8 Å². The van der Waals surface area contributed by atoms with Crippen molar-refractivity contribution in [3.8, 4) is 0 Å². The number of hydrogen-bond donors (Lipinski definition) is 1. The van der Waals surface area contributed by atoms with E-state index >= 15 is 0 Å². The van der Waals surface area contributed by atoms with E-state index in [0.717, 1.165) is 5.56 Å². The van der Waals surface area contributed by atoms with E-state index < -0.39 is 23.7 Å². The molecule has 0 heterocycles. The fourth-order valence-corrected chi connectivity index (χ4v) is 1.94. The number of nitrogens with one attached hydrogen (secondary N) is 1. The monoisotopic (exact) mass is 348 g/mol. The second-order valence-electron chi connectivity index (χ2n) is 6.39. The Hall–Kier alpha value is -2.73. The lowest BCUT2D eigenvalue weighted by atomic mass is 10.1. The average Bonchev–Trinajstić information content (AvgIpc) is 2.54. The summed E-state index contributed by atoms with van der Waals surface area (Å²) in [7, 11) is 0. The first kappa shape index (κ1) is 20.3. The molecule has 1 atom stereocenters. The van der Waals surface area contributed by atoms with E-state index in [-0.39, 0.29) is 19.6 Å². The van der Waals surface area contributed by atoms with Gasteiger partial charge in [0.1, 0.15) is 18.2 Å². The first-order valence-electron chi connectivity index (χ1n) is 8.03. The number of carbonyl (C=O) groups is 2. The molecule has 0 saturated carbocycles. The molecule has 1 aromatic rings. The summed E-state index contributed by atoms with van der Waals surface area (Å²) in [6.07, 6.45) is 0.0227. The third-order valence-corrected chi connectivity index (χ3v) is 3.01. The first-order chi connectivity index (χ1) is 11.8. The Balaban J connectivity index is 2.62. The van der Waals surface area contributed by atoms with Crippen LogP contribution in [0, 0.1) is 0 Å². The van der Waals surface area contributed by atoms with Gasteiger partial charge in [0.05, 0.1) is 0 Å². The van der Waals surface area contributed by atoms with Crippen molar-refractivity contribution in [1.82, 2.24) is 5.32 Å². The molecule has 0 bridgehead atoms. The fourth-order valence-electron chi connectivity index (χ4n) is 1.94. The third kappa shape index (κ3) is 9.22. The minimum atomic E-state index is -0.868. The van der Waals surface area contributed by atoms with E-state index in [1.54, 1.807) is 20.8 Å².